The Hall–Kier alpha value is -4.14. The third kappa shape index (κ3) is 5.88. The fourth-order valence-electron chi connectivity index (χ4n) is 4.44. The molecule has 5 aromatic rings. The number of para-hydroxylation sites is 2. The molecular formula is C31H25BrClN3O4. The second-order valence-electron chi connectivity index (χ2n) is 8.89. The molecule has 1 N–H and O–H groups in total. The number of hydrogen-bond donors (Lipinski definition) is 1. The highest BCUT2D eigenvalue weighted by Crippen LogP contribution is 2.37. The van der Waals surface area contributed by atoms with Gasteiger partial charge in [0.2, 0.25) is 0 Å². The van der Waals surface area contributed by atoms with Gasteiger partial charge in [-0.15, -0.1) is 0 Å². The average molecular weight is 619 g/mol. The van der Waals surface area contributed by atoms with Gasteiger partial charge in [-0.2, -0.15) is 5.10 Å². The van der Waals surface area contributed by atoms with Crippen molar-refractivity contribution in [3.8, 4) is 11.5 Å². The first-order valence-electron chi connectivity index (χ1n) is 12.6. The van der Waals surface area contributed by atoms with Crippen LogP contribution in [0.1, 0.15) is 18.1 Å². The summed E-state index contributed by atoms with van der Waals surface area (Å²) in [6.45, 7) is 2.59. The minimum Gasteiger partial charge on any atom is -0.490 e. The van der Waals surface area contributed by atoms with E-state index in [0.29, 0.717) is 55.0 Å². The van der Waals surface area contributed by atoms with E-state index in [2.05, 4.69) is 26.5 Å². The van der Waals surface area contributed by atoms with Crippen molar-refractivity contribution in [2.75, 3.05) is 6.61 Å². The number of rotatable bonds is 9. The van der Waals surface area contributed by atoms with E-state index >= 15 is 0 Å². The molecule has 0 saturated heterocycles. The zero-order chi connectivity index (χ0) is 28.1. The van der Waals surface area contributed by atoms with Gasteiger partial charge < -0.3 is 14.0 Å². The number of aromatic nitrogens is 1. The van der Waals surface area contributed by atoms with Crippen LogP contribution in [0.5, 0.6) is 11.5 Å². The first-order valence-corrected chi connectivity index (χ1v) is 13.8. The quantitative estimate of drug-likeness (QED) is 0.113. The summed E-state index contributed by atoms with van der Waals surface area (Å²) in [6, 6.07) is 25.6. The van der Waals surface area contributed by atoms with Crippen molar-refractivity contribution in [1.29, 1.82) is 0 Å². The van der Waals surface area contributed by atoms with E-state index in [0.717, 1.165) is 5.56 Å². The summed E-state index contributed by atoms with van der Waals surface area (Å²) >= 11 is 9.83. The number of halogens is 2. The van der Waals surface area contributed by atoms with E-state index < -0.39 is 0 Å². The third-order valence-corrected chi connectivity index (χ3v) is 7.20. The van der Waals surface area contributed by atoms with Gasteiger partial charge in [0.15, 0.2) is 16.9 Å². The highest BCUT2D eigenvalue weighted by molar-refractivity contribution is 9.10. The van der Waals surface area contributed by atoms with Gasteiger partial charge in [0.25, 0.3) is 5.91 Å². The maximum absolute atomic E-state index is 12.9. The molecule has 0 aliphatic rings. The molecule has 0 aliphatic heterocycles. The van der Waals surface area contributed by atoms with Gasteiger partial charge in [0.1, 0.15) is 13.2 Å². The minimum atomic E-state index is -0.334. The van der Waals surface area contributed by atoms with Crippen LogP contribution >= 0.6 is 27.5 Å². The number of benzene rings is 4. The molecule has 4 aromatic carbocycles. The topological polar surface area (TPSA) is 81.9 Å². The Morgan fingerprint density at radius 2 is 1.62 bits per heavy atom. The lowest BCUT2D eigenvalue weighted by Crippen LogP contribution is -2.25. The van der Waals surface area contributed by atoms with E-state index in [1.165, 1.54) is 6.21 Å². The molecule has 0 unspecified atom stereocenters. The summed E-state index contributed by atoms with van der Waals surface area (Å²) in [5, 5.41) is 5.90. The van der Waals surface area contributed by atoms with Crippen LogP contribution in [-0.4, -0.2) is 23.3 Å². The first-order chi connectivity index (χ1) is 19.5. The van der Waals surface area contributed by atoms with Crippen LogP contribution in [-0.2, 0) is 17.9 Å². The Labute approximate surface area is 244 Å². The Balaban J connectivity index is 1.34. The largest absolute Gasteiger partial charge is 0.490 e. The van der Waals surface area contributed by atoms with E-state index in [9.17, 15) is 9.59 Å². The third-order valence-electron chi connectivity index (χ3n) is 6.25. The molecule has 40 heavy (non-hydrogen) atoms. The summed E-state index contributed by atoms with van der Waals surface area (Å²) < 4.78 is 14.3. The molecule has 1 aromatic heterocycles. The van der Waals surface area contributed by atoms with Crippen molar-refractivity contribution in [3.63, 3.8) is 0 Å². The summed E-state index contributed by atoms with van der Waals surface area (Å²) in [4.78, 5) is 25.9. The normalized spacial score (nSPS) is 11.3. The van der Waals surface area contributed by atoms with Crippen LogP contribution in [0.4, 0.5) is 0 Å². The van der Waals surface area contributed by atoms with E-state index in [1.807, 2.05) is 78.2 Å². The highest BCUT2D eigenvalue weighted by atomic mass is 79.9. The molecule has 0 spiro atoms. The molecule has 1 heterocycles. The number of hydrazone groups is 1. The Morgan fingerprint density at radius 1 is 0.975 bits per heavy atom. The van der Waals surface area contributed by atoms with E-state index in [4.69, 9.17) is 21.1 Å². The number of amides is 1. The SMILES string of the molecule is CCOc1cc(/C=N/NC(=O)Cn2c3ccccc3c(=O)c3ccccc32)cc(Br)c1OCc1ccccc1Cl. The average Bonchev–Trinajstić information content (AvgIpc) is 2.96. The molecule has 0 saturated carbocycles. The van der Waals surface area contributed by atoms with Crippen molar-refractivity contribution < 1.29 is 14.3 Å². The fraction of sp³-hybridized carbons (Fsp3) is 0.129. The Morgan fingerprint density at radius 3 is 2.30 bits per heavy atom. The number of carbonyl (C=O) groups excluding carboxylic acids is 1. The number of nitrogens with one attached hydrogen (secondary N) is 1. The lowest BCUT2D eigenvalue weighted by molar-refractivity contribution is -0.121. The predicted molar refractivity (Wildman–Crippen MR) is 163 cm³/mol. The van der Waals surface area contributed by atoms with Crippen molar-refractivity contribution in [2.45, 2.75) is 20.1 Å². The highest BCUT2D eigenvalue weighted by Gasteiger charge is 2.14. The monoisotopic (exact) mass is 617 g/mol. The van der Waals surface area contributed by atoms with Gasteiger partial charge in [0, 0.05) is 21.4 Å². The standard InChI is InChI=1S/C31H25BrClN3O4/c1-2-39-28-16-20(15-24(32)31(28)40-19-21-9-3-6-12-25(21)33)17-34-35-29(37)18-36-26-13-7-4-10-22(26)30(38)23-11-5-8-14-27(23)36/h3-17H,2,18-19H2,1H3,(H,35,37)/b34-17+. The number of ether oxygens (including phenoxy) is 2. The fourth-order valence-corrected chi connectivity index (χ4v) is 5.20. The van der Waals surface area contributed by atoms with Crippen molar-refractivity contribution >= 4 is 61.5 Å². The van der Waals surface area contributed by atoms with Gasteiger partial charge in [-0.25, -0.2) is 5.43 Å². The van der Waals surface area contributed by atoms with Crippen LogP contribution in [0, 0.1) is 0 Å². The number of pyridine rings is 1. The van der Waals surface area contributed by atoms with Gasteiger partial charge in [-0.05, 0) is 70.9 Å². The zero-order valence-electron chi connectivity index (χ0n) is 21.6. The molecule has 0 bridgehead atoms. The maximum Gasteiger partial charge on any atom is 0.260 e. The molecule has 7 nitrogen and oxygen atoms in total. The lowest BCUT2D eigenvalue weighted by atomic mass is 10.1. The minimum absolute atomic E-state index is 0.0125. The maximum atomic E-state index is 12.9. The predicted octanol–water partition coefficient (Wildman–Crippen LogP) is 6.70. The van der Waals surface area contributed by atoms with Crippen LogP contribution in [0.25, 0.3) is 21.8 Å². The number of fused-ring (bicyclic) bond motifs is 2. The second-order valence-corrected chi connectivity index (χ2v) is 10.1. The van der Waals surface area contributed by atoms with Crippen molar-refractivity contribution in [1.82, 2.24) is 9.99 Å². The molecule has 0 atom stereocenters. The van der Waals surface area contributed by atoms with Crippen LogP contribution in [0.15, 0.2) is 99.3 Å². The summed E-state index contributed by atoms with van der Waals surface area (Å²) in [5.74, 6) is 0.738. The van der Waals surface area contributed by atoms with Crippen molar-refractivity contribution in [3.05, 3.63) is 116 Å². The molecule has 1 amide bonds. The summed E-state index contributed by atoms with van der Waals surface area (Å²) in [5.41, 5.74) is 5.45. The van der Waals surface area contributed by atoms with Crippen LogP contribution in [0.3, 0.4) is 0 Å². The van der Waals surface area contributed by atoms with E-state index in [-0.39, 0.29) is 24.5 Å². The zero-order valence-corrected chi connectivity index (χ0v) is 23.9. The smallest absolute Gasteiger partial charge is 0.260 e. The number of carbonyl (C=O) groups is 1. The van der Waals surface area contributed by atoms with Gasteiger partial charge in [-0.3, -0.25) is 9.59 Å². The molecule has 9 heteroatoms. The number of nitrogens with zero attached hydrogens (tertiary/aromatic N) is 2. The van der Waals surface area contributed by atoms with Crippen molar-refractivity contribution in [2.24, 2.45) is 5.10 Å². The van der Waals surface area contributed by atoms with Gasteiger partial charge in [0.05, 0.1) is 28.3 Å². The van der Waals surface area contributed by atoms with Gasteiger partial charge >= 0.3 is 0 Å². The molecular weight excluding hydrogens is 594 g/mol. The first kappa shape index (κ1) is 27.4. The molecule has 5 rings (SSSR count). The summed E-state index contributed by atoms with van der Waals surface area (Å²) in [6.07, 6.45) is 1.53. The number of hydrogen-bond acceptors (Lipinski definition) is 5. The summed E-state index contributed by atoms with van der Waals surface area (Å²) in [7, 11) is 0. The molecule has 0 radical (unpaired) electrons. The van der Waals surface area contributed by atoms with Crippen LogP contribution < -0.4 is 20.3 Å². The molecule has 0 aliphatic carbocycles. The Kier molecular flexibility index (Phi) is 8.48. The molecule has 0 fully saturated rings. The second kappa shape index (κ2) is 12.4. The van der Waals surface area contributed by atoms with Gasteiger partial charge in [-0.1, -0.05) is 54.1 Å². The molecule has 202 valence electrons. The lowest BCUT2D eigenvalue weighted by Gasteiger charge is -2.15. The van der Waals surface area contributed by atoms with Crippen LogP contribution in [0.2, 0.25) is 5.02 Å². The van der Waals surface area contributed by atoms with E-state index in [1.54, 1.807) is 18.2 Å². The Bertz CT molecular complexity index is 1740.